The normalized spacial score (nSPS) is 19.6. The van der Waals surface area contributed by atoms with Crippen molar-refractivity contribution in [2.75, 3.05) is 33.2 Å². The molecule has 3 aliphatic heterocycles. The van der Waals surface area contributed by atoms with Gasteiger partial charge < -0.3 is 19.3 Å². The highest BCUT2D eigenvalue weighted by Crippen LogP contribution is 2.47. The van der Waals surface area contributed by atoms with Crippen molar-refractivity contribution in [2.45, 2.75) is 39.0 Å². The predicted octanol–water partition coefficient (Wildman–Crippen LogP) is 2.45. The fourth-order valence-corrected chi connectivity index (χ4v) is 5.66. The second-order valence-electron chi connectivity index (χ2n) is 11.0. The quantitative estimate of drug-likeness (QED) is 0.368. The van der Waals surface area contributed by atoms with Gasteiger partial charge in [-0.1, -0.05) is 6.08 Å². The molecular weight excluding hydrogens is 514 g/mol. The molecule has 6 rings (SSSR count). The summed E-state index contributed by atoms with van der Waals surface area (Å²) in [5.41, 5.74) is 0.662. The lowest BCUT2D eigenvalue weighted by Crippen LogP contribution is -2.48. The summed E-state index contributed by atoms with van der Waals surface area (Å²) in [4.78, 5) is 55.6. The van der Waals surface area contributed by atoms with Crippen LogP contribution in [-0.4, -0.2) is 74.4 Å². The van der Waals surface area contributed by atoms with Crippen LogP contribution >= 0.6 is 0 Å². The predicted molar refractivity (Wildman–Crippen MR) is 147 cm³/mol. The molecule has 0 spiro atoms. The molecule has 0 radical (unpaired) electrons. The van der Waals surface area contributed by atoms with Crippen molar-refractivity contribution in [3.05, 3.63) is 86.2 Å². The number of likely N-dealkylation sites (N-methyl/N-ethyl adjacent to an activating group) is 1. The van der Waals surface area contributed by atoms with Crippen molar-refractivity contribution >= 4 is 11.9 Å². The van der Waals surface area contributed by atoms with Crippen molar-refractivity contribution in [2.24, 2.45) is 0 Å². The van der Waals surface area contributed by atoms with Gasteiger partial charge in [-0.25, -0.2) is 28.3 Å². The number of nitrogens with zero attached hydrogens (tertiary/aromatic N) is 5. The van der Waals surface area contributed by atoms with E-state index in [0.29, 0.717) is 41.4 Å². The molecule has 0 N–H and O–H groups in total. The van der Waals surface area contributed by atoms with E-state index in [2.05, 4.69) is 4.90 Å². The van der Waals surface area contributed by atoms with Crippen LogP contribution in [0.25, 0.3) is 5.69 Å². The van der Waals surface area contributed by atoms with Crippen LogP contribution in [0.15, 0.2) is 63.7 Å². The summed E-state index contributed by atoms with van der Waals surface area (Å²) in [5, 5.41) is 0. The van der Waals surface area contributed by atoms with Crippen LogP contribution in [0, 0.1) is 0 Å². The number of allylic oxidation sites excluding steroid dienone is 1. The molecule has 1 atom stereocenters. The Morgan fingerprint density at radius 1 is 0.975 bits per heavy atom. The zero-order valence-corrected chi connectivity index (χ0v) is 22.9. The average Bonchev–Trinajstić information content (AvgIpc) is 3.18. The van der Waals surface area contributed by atoms with Gasteiger partial charge in [0.15, 0.2) is 5.78 Å². The number of ether oxygens (including phenoxy) is 2. The third kappa shape index (κ3) is 4.17. The van der Waals surface area contributed by atoms with Gasteiger partial charge in [-0.05, 0) is 69.8 Å². The molecule has 208 valence electrons. The molecule has 11 heteroatoms. The van der Waals surface area contributed by atoms with E-state index in [4.69, 9.17) is 9.47 Å². The lowest BCUT2D eigenvalue weighted by molar-refractivity contribution is 0.101. The standard InChI is InChI=1S/C29H31N5O6/c1-18(35)19-5-7-20(8-6-19)33-26(36)32-12-11-23-25(34(32)27(33)37)22-10-9-21(17-24(22)40-29(23,2)3)39-28(38)31-15-13-30(4)14-16-31/h5-11,17,25H,12-16H2,1-4H3. The summed E-state index contributed by atoms with van der Waals surface area (Å²) in [6, 6.07) is 11.0. The van der Waals surface area contributed by atoms with Gasteiger partial charge in [0.05, 0.1) is 12.2 Å². The van der Waals surface area contributed by atoms with Gasteiger partial charge in [-0.2, -0.15) is 0 Å². The summed E-state index contributed by atoms with van der Waals surface area (Å²) < 4.78 is 16.0. The molecule has 2 aromatic carbocycles. The number of ketones is 1. The Kier molecular flexibility index (Phi) is 6.06. The molecule has 4 heterocycles. The number of Topliss-reactive ketones (excluding diaryl/α,β-unsaturated/α-hetero) is 1. The molecule has 0 bridgehead atoms. The Labute approximate surface area is 230 Å². The highest BCUT2D eigenvalue weighted by Gasteiger charge is 2.44. The minimum atomic E-state index is -0.788. The second kappa shape index (κ2) is 9.37. The largest absolute Gasteiger partial charge is 0.483 e. The lowest BCUT2D eigenvalue weighted by atomic mass is 9.83. The van der Waals surface area contributed by atoms with Crippen LogP contribution in [0.5, 0.6) is 11.5 Å². The van der Waals surface area contributed by atoms with Crippen LogP contribution < -0.4 is 20.9 Å². The second-order valence-corrected chi connectivity index (χ2v) is 11.0. The first kappa shape index (κ1) is 25.9. The maximum absolute atomic E-state index is 13.8. The first-order chi connectivity index (χ1) is 19.0. The van der Waals surface area contributed by atoms with Crippen molar-refractivity contribution < 1.29 is 19.1 Å². The summed E-state index contributed by atoms with van der Waals surface area (Å²) in [7, 11) is 2.02. The number of rotatable bonds is 3. The van der Waals surface area contributed by atoms with Crippen LogP contribution in [-0.2, 0) is 6.54 Å². The van der Waals surface area contributed by atoms with Crippen LogP contribution in [0.2, 0.25) is 0 Å². The first-order valence-corrected chi connectivity index (χ1v) is 13.3. The fourth-order valence-electron chi connectivity index (χ4n) is 5.66. The lowest BCUT2D eigenvalue weighted by Gasteiger charge is -2.42. The molecular formula is C29H31N5O6. The van der Waals surface area contributed by atoms with Crippen molar-refractivity contribution in [3.63, 3.8) is 0 Å². The highest BCUT2D eigenvalue weighted by atomic mass is 16.6. The maximum atomic E-state index is 13.8. The Morgan fingerprint density at radius 3 is 2.35 bits per heavy atom. The SMILES string of the molecule is CC(=O)c1ccc(-n2c(=O)n3n(c2=O)C2C(=CC3)C(C)(C)Oc3cc(OC(=O)N4CCN(C)CC4)ccc32)cc1. The Hall–Kier alpha value is -4.38. The van der Waals surface area contributed by atoms with Crippen molar-refractivity contribution in [3.8, 4) is 17.2 Å². The Balaban J connectivity index is 1.38. The van der Waals surface area contributed by atoms with Crippen molar-refractivity contribution in [1.82, 2.24) is 23.7 Å². The number of carbonyl (C=O) groups is 2. The van der Waals surface area contributed by atoms with Gasteiger partial charge in [-0.3, -0.25) is 4.79 Å². The number of aromatic nitrogens is 3. The van der Waals surface area contributed by atoms with E-state index in [9.17, 15) is 19.2 Å². The smallest absolute Gasteiger partial charge is 0.415 e. The molecule has 3 aromatic rings. The number of piperazine rings is 1. The number of hydrogen-bond donors (Lipinski definition) is 0. The molecule has 1 fully saturated rings. The van der Waals surface area contributed by atoms with Gasteiger partial charge in [0, 0.05) is 43.4 Å². The molecule has 0 saturated carbocycles. The highest BCUT2D eigenvalue weighted by molar-refractivity contribution is 5.94. The molecule has 1 amide bonds. The summed E-state index contributed by atoms with van der Waals surface area (Å²) >= 11 is 0. The van der Waals surface area contributed by atoms with Crippen LogP contribution in [0.3, 0.4) is 0 Å². The van der Waals surface area contributed by atoms with Gasteiger partial charge in [-0.15, -0.1) is 0 Å². The number of benzene rings is 2. The van der Waals surface area contributed by atoms with E-state index in [1.807, 2.05) is 27.0 Å². The van der Waals surface area contributed by atoms with Gasteiger partial charge >= 0.3 is 17.5 Å². The summed E-state index contributed by atoms with van der Waals surface area (Å²) in [6.07, 6.45) is 1.51. The number of hydrogen-bond acceptors (Lipinski definition) is 7. The average molecular weight is 546 g/mol. The molecule has 1 saturated heterocycles. The Morgan fingerprint density at radius 2 is 1.68 bits per heavy atom. The van der Waals surface area contributed by atoms with Gasteiger partial charge in [0.2, 0.25) is 0 Å². The number of amides is 1. The monoisotopic (exact) mass is 545 g/mol. The number of carbonyl (C=O) groups excluding carboxylic acids is 2. The third-order valence-corrected chi connectivity index (χ3v) is 7.92. The molecule has 3 aliphatic rings. The molecule has 40 heavy (non-hydrogen) atoms. The minimum absolute atomic E-state index is 0.102. The van der Waals surface area contributed by atoms with Gasteiger partial charge in [0.1, 0.15) is 23.1 Å². The third-order valence-electron chi connectivity index (χ3n) is 7.92. The summed E-state index contributed by atoms with van der Waals surface area (Å²) in [6.45, 7) is 8.24. The van der Waals surface area contributed by atoms with E-state index in [1.165, 1.54) is 16.3 Å². The van der Waals surface area contributed by atoms with Crippen LogP contribution in [0.1, 0.15) is 42.7 Å². The Bertz CT molecular complexity index is 1670. The maximum Gasteiger partial charge on any atom is 0.415 e. The van der Waals surface area contributed by atoms with E-state index in [1.54, 1.807) is 47.4 Å². The van der Waals surface area contributed by atoms with E-state index in [-0.39, 0.29) is 12.3 Å². The van der Waals surface area contributed by atoms with E-state index < -0.39 is 29.1 Å². The molecule has 0 aliphatic carbocycles. The minimum Gasteiger partial charge on any atom is -0.483 e. The van der Waals surface area contributed by atoms with Crippen LogP contribution in [0.4, 0.5) is 4.79 Å². The van der Waals surface area contributed by atoms with E-state index >= 15 is 0 Å². The van der Waals surface area contributed by atoms with Crippen molar-refractivity contribution in [1.29, 1.82) is 0 Å². The molecule has 1 unspecified atom stereocenters. The summed E-state index contributed by atoms with van der Waals surface area (Å²) in [5.74, 6) is 0.715. The number of fused-ring (bicyclic) bond motifs is 5. The first-order valence-electron chi connectivity index (χ1n) is 13.3. The topological polar surface area (TPSA) is 108 Å². The van der Waals surface area contributed by atoms with E-state index in [0.717, 1.165) is 23.2 Å². The zero-order valence-electron chi connectivity index (χ0n) is 22.9. The van der Waals surface area contributed by atoms with Gasteiger partial charge in [0.25, 0.3) is 0 Å². The fraction of sp³-hybridized carbons (Fsp3) is 0.379. The molecule has 11 nitrogen and oxygen atoms in total. The molecule has 1 aromatic heterocycles. The zero-order chi connectivity index (χ0) is 28.3.